The molecular weight excluding hydrogens is 188 g/mol. The lowest BCUT2D eigenvalue weighted by molar-refractivity contribution is 0.112. The zero-order chi connectivity index (χ0) is 11.4. The molecule has 0 atom stereocenters. The van der Waals surface area contributed by atoms with Gasteiger partial charge in [0.25, 0.3) is 0 Å². The first-order valence-electron chi connectivity index (χ1n) is 5.12. The molecule has 0 aliphatic heterocycles. The van der Waals surface area contributed by atoms with Crippen LogP contribution in [0.2, 0.25) is 0 Å². The molecule has 1 aromatic rings. The summed E-state index contributed by atoms with van der Waals surface area (Å²) in [4.78, 5) is 14.0. The summed E-state index contributed by atoms with van der Waals surface area (Å²) in [6.07, 6.45) is 4.60. The van der Waals surface area contributed by atoms with E-state index in [-0.39, 0.29) is 0 Å². The summed E-state index contributed by atoms with van der Waals surface area (Å²) in [6, 6.07) is 0. The van der Waals surface area contributed by atoms with Gasteiger partial charge < -0.3 is 10.3 Å². The molecule has 0 saturated carbocycles. The maximum Gasteiger partial charge on any atom is 0.151 e. The lowest BCUT2D eigenvalue weighted by Gasteiger charge is -2.09. The quantitative estimate of drug-likeness (QED) is 0.743. The van der Waals surface area contributed by atoms with Gasteiger partial charge in [0.05, 0.1) is 0 Å². The Morgan fingerprint density at radius 1 is 1.53 bits per heavy atom. The molecule has 0 saturated heterocycles. The zero-order valence-corrected chi connectivity index (χ0v) is 9.72. The van der Waals surface area contributed by atoms with E-state index in [9.17, 15) is 4.79 Å². The Bertz CT molecular complexity index is 375. The molecule has 1 rings (SSSR count). The number of aromatic nitrogens is 1. The number of aromatic amines is 1. The largest absolute Gasteiger partial charge is 0.394 e. The summed E-state index contributed by atoms with van der Waals surface area (Å²) in [5.41, 5.74) is 3.99. The average Bonchev–Trinajstić information content (AvgIpc) is 2.61. The fourth-order valence-corrected chi connectivity index (χ4v) is 1.78. The van der Waals surface area contributed by atoms with Gasteiger partial charge in [-0.05, 0) is 24.0 Å². The summed E-state index contributed by atoms with van der Waals surface area (Å²) < 4.78 is 0. The van der Waals surface area contributed by atoms with Gasteiger partial charge in [0, 0.05) is 30.7 Å². The first kappa shape index (κ1) is 11.6. The standard InChI is InChI=1S/C12H18N2O/c1-8(2)11-10(7-15)6-14-12(11)9(3)5-13-4/h5-8,13-14H,1-4H3/b9-5-. The highest BCUT2D eigenvalue weighted by Gasteiger charge is 2.14. The molecule has 0 radical (unpaired) electrons. The van der Waals surface area contributed by atoms with Crippen LogP contribution in [0, 0.1) is 0 Å². The lowest BCUT2D eigenvalue weighted by Crippen LogP contribution is -1.99. The van der Waals surface area contributed by atoms with E-state index in [1.165, 1.54) is 0 Å². The van der Waals surface area contributed by atoms with E-state index in [2.05, 4.69) is 24.1 Å². The molecular formula is C12H18N2O. The summed E-state index contributed by atoms with van der Waals surface area (Å²) in [6.45, 7) is 6.20. The summed E-state index contributed by atoms with van der Waals surface area (Å²) in [7, 11) is 1.86. The molecule has 0 spiro atoms. The molecule has 0 amide bonds. The molecule has 0 aromatic carbocycles. The van der Waals surface area contributed by atoms with E-state index < -0.39 is 0 Å². The third-order valence-electron chi connectivity index (χ3n) is 2.41. The highest BCUT2D eigenvalue weighted by molar-refractivity contribution is 5.81. The fraction of sp³-hybridized carbons (Fsp3) is 0.417. The SMILES string of the molecule is CN/C=C(/C)c1[nH]cc(C=O)c1C(C)C. The van der Waals surface area contributed by atoms with Crippen molar-refractivity contribution < 1.29 is 4.79 Å². The number of nitrogens with one attached hydrogen (secondary N) is 2. The van der Waals surface area contributed by atoms with Gasteiger partial charge >= 0.3 is 0 Å². The van der Waals surface area contributed by atoms with Crippen LogP contribution < -0.4 is 5.32 Å². The average molecular weight is 206 g/mol. The van der Waals surface area contributed by atoms with E-state index in [0.29, 0.717) is 5.92 Å². The van der Waals surface area contributed by atoms with Crippen LogP contribution in [0.3, 0.4) is 0 Å². The number of carbonyl (C=O) groups excluding carboxylic acids is 1. The summed E-state index contributed by atoms with van der Waals surface area (Å²) >= 11 is 0. The van der Waals surface area contributed by atoms with Crippen molar-refractivity contribution >= 4 is 11.9 Å². The van der Waals surface area contributed by atoms with E-state index in [0.717, 1.165) is 28.7 Å². The minimum atomic E-state index is 0.339. The normalized spacial score (nSPS) is 11.9. The third-order valence-corrected chi connectivity index (χ3v) is 2.41. The van der Waals surface area contributed by atoms with Crippen molar-refractivity contribution in [3.8, 4) is 0 Å². The molecule has 1 heterocycles. The van der Waals surface area contributed by atoms with Gasteiger partial charge in [-0.3, -0.25) is 4.79 Å². The van der Waals surface area contributed by atoms with Crippen LogP contribution in [0.15, 0.2) is 12.4 Å². The molecule has 1 aromatic heterocycles. The topological polar surface area (TPSA) is 44.9 Å². The number of carbonyl (C=O) groups is 1. The molecule has 0 aliphatic rings. The van der Waals surface area contributed by atoms with Crippen molar-refractivity contribution in [2.45, 2.75) is 26.7 Å². The van der Waals surface area contributed by atoms with Crippen LogP contribution >= 0.6 is 0 Å². The van der Waals surface area contributed by atoms with Gasteiger partial charge in [0.1, 0.15) is 0 Å². The van der Waals surface area contributed by atoms with E-state index in [1.807, 2.05) is 20.2 Å². The molecule has 3 nitrogen and oxygen atoms in total. The number of hydrogen-bond donors (Lipinski definition) is 2. The van der Waals surface area contributed by atoms with Crippen LogP contribution in [0.1, 0.15) is 48.3 Å². The molecule has 0 unspecified atom stereocenters. The summed E-state index contributed by atoms with van der Waals surface area (Å²) in [5.74, 6) is 0.339. The molecule has 2 N–H and O–H groups in total. The Morgan fingerprint density at radius 2 is 2.20 bits per heavy atom. The lowest BCUT2D eigenvalue weighted by atomic mass is 9.97. The number of hydrogen-bond acceptors (Lipinski definition) is 2. The Labute approximate surface area is 90.6 Å². The zero-order valence-electron chi connectivity index (χ0n) is 9.72. The van der Waals surface area contributed by atoms with Crippen LogP contribution in [0.25, 0.3) is 5.57 Å². The second kappa shape index (κ2) is 4.82. The number of aldehydes is 1. The molecule has 3 heteroatoms. The highest BCUT2D eigenvalue weighted by Crippen LogP contribution is 2.27. The number of allylic oxidation sites excluding steroid dienone is 1. The third kappa shape index (κ3) is 2.29. The van der Waals surface area contributed by atoms with Gasteiger partial charge in [-0.15, -0.1) is 0 Å². The number of rotatable bonds is 4. The second-order valence-electron chi connectivity index (χ2n) is 3.92. The highest BCUT2D eigenvalue weighted by atomic mass is 16.1. The minimum absolute atomic E-state index is 0.339. The fourth-order valence-electron chi connectivity index (χ4n) is 1.78. The molecule has 15 heavy (non-hydrogen) atoms. The molecule has 0 aliphatic carbocycles. The van der Waals surface area contributed by atoms with Crippen molar-refractivity contribution in [1.29, 1.82) is 0 Å². The predicted molar refractivity (Wildman–Crippen MR) is 63.0 cm³/mol. The van der Waals surface area contributed by atoms with Gasteiger partial charge in [-0.2, -0.15) is 0 Å². The van der Waals surface area contributed by atoms with Crippen molar-refractivity contribution in [2.75, 3.05) is 7.05 Å². The Morgan fingerprint density at radius 3 is 2.67 bits per heavy atom. The van der Waals surface area contributed by atoms with E-state index in [1.54, 1.807) is 6.20 Å². The maximum absolute atomic E-state index is 10.9. The Hall–Kier alpha value is -1.51. The number of H-pyrrole nitrogens is 1. The van der Waals surface area contributed by atoms with Crippen molar-refractivity contribution in [2.24, 2.45) is 0 Å². The van der Waals surface area contributed by atoms with Crippen molar-refractivity contribution in [3.05, 3.63) is 29.2 Å². The minimum Gasteiger partial charge on any atom is -0.394 e. The molecule has 0 fully saturated rings. The van der Waals surface area contributed by atoms with E-state index in [4.69, 9.17) is 0 Å². The monoisotopic (exact) mass is 206 g/mol. The maximum atomic E-state index is 10.9. The molecule has 0 bridgehead atoms. The summed E-state index contributed by atoms with van der Waals surface area (Å²) in [5, 5.41) is 2.99. The van der Waals surface area contributed by atoms with E-state index >= 15 is 0 Å². The van der Waals surface area contributed by atoms with Crippen LogP contribution in [0.5, 0.6) is 0 Å². The van der Waals surface area contributed by atoms with Gasteiger partial charge in [-0.1, -0.05) is 13.8 Å². The van der Waals surface area contributed by atoms with Gasteiger partial charge in [-0.25, -0.2) is 0 Å². The Balaban J connectivity index is 3.24. The van der Waals surface area contributed by atoms with Crippen LogP contribution in [-0.4, -0.2) is 18.3 Å². The smallest absolute Gasteiger partial charge is 0.151 e. The predicted octanol–water partition coefficient (Wildman–Crippen LogP) is 2.53. The van der Waals surface area contributed by atoms with Gasteiger partial charge in [0.2, 0.25) is 0 Å². The Kier molecular flexibility index (Phi) is 3.72. The van der Waals surface area contributed by atoms with Crippen LogP contribution in [-0.2, 0) is 0 Å². The first-order valence-corrected chi connectivity index (χ1v) is 5.12. The van der Waals surface area contributed by atoms with Crippen LogP contribution in [0.4, 0.5) is 0 Å². The second-order valence-corrected chi connectivity index (χ2v) is 3.92. The molecule has 82 valence electrons. The first-order chi connectivity index (χ1) is 7.11. The van der Waals surface area contributed by atoms with Crippen molar-refractivity contribution in [3.63, 3.8) is 0 Å². The van der Waals surface area contributed by atoms with Crippen molar-refractivity contribution in [1.82, 2.24) is 10.3 Å². The van der Waals surface area contributed by atoms with Gasteiger partial charge in [0.15, 0.2) is 6.29 Å².